The van der Waals surface area contributed by atoms with E-state index in [9.17, 15) is 13.2 Å². The van der Waals surface area contributed by atoms with Crippen molar-refractivity contribution in [3.05, 3.63) is 29.8 Å². The summed E-state index contributed by atoms with van der Waals surface area (Å²) in [7, 11) is -1.13. The first-order chi connectivity index (χ1) is 11.4. The molecule has 2 aliphatic rings. The second kappa shape index (κ2) is 6.82. The molecule has 2 fully saturated rings. The predicted octanol–water partition coefficient (Wildman–Crippen LogP) is 2.42. The highest BCUT2D eigenvalue weighted by atomic mass is 32.2. The van der Waals surface area contributed by atoms with E-state index in [-0.39, 0.29) is 10.8 Å². The molecule has 6 nitrogen and oxygen atoms in total. The van der Waals surface area contributed by atoms with Crippen molar-refractivity contribution >= 4 is 15.9 Å². The van der Waals surface area contributed by atoms with Gasteiger partial charge in [0.25, 0.3) is 15.9 Å². The Morgan fingerprint density at radius 1 is 1.12 bits per heavy atom. The van der Waals surface area contributed by atoms with Gasteiger partial charge >= 0.3 is 0 Å². The van der Waals surface area contributed by atoms with Crippen molar-refractivity contribution in [3.63, 3.8) is 0 Å². The number of carbonyl (C=O) groups excluding carboxylic acids is 1. The van der Waals surface area contributed by atoms with Crippen molar-refractivity contribution < 1.29 is 18.0 Å². The molecule has 1 amide bonds. The van der Waals surface area contributed by atoms with Gasteiger partial charge in [0.1, 0.15) is 0 Å². The second-order valence-corrected chi connectivity index (χ2v) is 8.44. The molecule has 0 spiro atoms. The monoisotopic (exact) mass is 352 g/mol. The smallest absolute Gasteiger partial charge is 0.264 e. The summed E-state index contributed by atoms with van der Waals surface area (Å²) in [4.78, 5) is 19.9. The largest absolute Gasteiger partial charge is 0.333 e. The fourth-order valence-electron chi connectivity index (χ4n) is 3.35. The number of nitrogens with zero attached hydrogens (tertiary/aromatic N) is 2. The Morgan fingerprint density at radius 3 is 2.33 bits per heavy atom. The lowest BCUT2D eigenvalue weighted by molar-refractivity contribution is -0.0258. The molecule has 0 saturated heterocycles. The van der Waals surface area contributed by atoms with Gasteiger partial charge in [-0.15, -0.1) is 0 Å². The first-order valence-electron chi connectivity index (χ1n) is 8.41. The number of carbonyl (C=O) groups is 1. The highest BCUT2D eigenvalue weighted by molar-refractivity contribution is 7.89. The summed E-state index contributed by atoms with van der Waals surface area (Å²) in [5.74, 6) is -0.0541. The number of hydroxylamine groups is 1. The van der Waals surface area contributed by atoms with Crippen molar-refractivity contribution in [1.82, 2.24) is 9.37 Å². The molecule has 0 heterocycles. The molecular weight excluding hydrogens is 328 g/mol. The summed E-state index contributed by atoms with van der Waals surface area (Å²) in [5.41, 5.74) is 0.430. The van der Waals surface area contributed by atoms with Crippen molar-refractivity contribution in [2.75, 3.05) is 14.2 Å². The summed E-state index contributed by atoms with van der Waals surface area (Å²) >= 11 is 0. The van der Waals surface area contributed by atoms with Gasteiger partial charge < -0.3 is 4.90 Å². The van der Waals surface area contributed by atoms with Gasteiger partial charge in [-0.2, -0.15) is 0 Å². The number of benzene rings is 1. The van der Waals surface area contributed by atoms with Gasteiger partial charge in [0.15, 0.2) is 0 Å². The average molecular weight is 352 g/mol. The molecule has 0 aliphatic heterocycles. The lowest BCUT2D eigenvalue weighted by Gasteiger charge is -2.29. The van der Waals surface area contributed by atoms with E-state index in [0.717, 1.165) is 43.0 Å². The van der Waals surface area contributed by atoms with Gasteiger partial charge in [0.05, 0.1) is 12.0 Å². The zero-order chi connectivity index (χ0) is 17.3. The molecule has 0 radical (unpaired) electrons. The van der Waals surface area contributed by atoms with Crippen molar-refractivity contribution in [1.29, 1.82) is 0 Å². The molecule has 3 rings (SSSR count). The maximum Gasteiger partial charge on any atom is 0.264 e. The summed E-state index contributed by atoms with van der Waals surface area (Å²) in [6.45, 7) is 0. The van der Waals surface area contributed by atoms with Crippen LogP contribution in [0.3, 0.4) is 0 Å². The van der Waals surface area contributed by atoms with Gasteiger partial charge in [0.2, 0.25) is 0 Å². The maximum absolute atomic E-state index is 13.0. The lowest BCUT2D eigenvalue weighted by atomic mass is 10.1. The minimum atomic E-state index is -3.75. The number of hydrogen-bond donors (Lipinski definition) is 0. The molecule has 0 aromatic heterocycles. The van der Waals surface area contributed by atoms with Crippen LogP contribution in [0.25, 0.3) is 0 Å². The van der Waals surface area contributed by atoms with E-state index in [1.165, 1.54) is 26.3 Å². The molecule has 2 aliphatic carbocycles. The number of hydrogen-bond acceptors (Lipinski definition) is 4. The van der Waals surface area contributed by atoms with Crippen LogP contribution in [0, 0.1) is 0 Å². The van der Waals surface area contributed by atoms with Crippen molar-refractivity contribution in [3.8, 4) is 0 Å². The van der Waals surface area contributed by atoms with Crippen LogP contribution in [0.15, 0.2) is 29.2 Å². The quantitative estimate of drug-likeness (QED) is 0.738. The fourth-order valence-corrected chi connectivity index (χ4v) is 4.37. The molecule has 7 heteroatoms. The number of amides is 1. The van der Waals surface area contributed by atoms with Gasteiger partial charge in [-0.25, -0.2) is 8.42 Å². The molecule has 2 saturated carbocycles. The van der Waals surface area contributed by atoms with Crippen LogP contribution in [0.5, 0.6) is 0 Å². The van der Waals surface area contributed by atoms with E-state index in [4.69, 9.17) is 4.84 Å². The fraction of sp³-hybridized carbons (Fsp3) is 0.588. The normalized spacial score (nSPS) is 19.0. The van der Waals surface area contributed by atoms with Crippen molar-refractivity contribution in [2.24, 2.45) is 0 Å². The number of rotatable bonds is 6. The lowest BCUT2D eigenvalue weighted by Crippen LogP contribution is -2.40. The van der Waals surface area contributed by atoms with E-state index in [2.05, 4.69) is 0 Å². The first kappa shape index (κ1) is 17.4. The molecule has 0 atom stereocenters. The molecule has 1 aromatic rings. The molecule has 0 bridgehead atoms. The molecule has 1 aromatic carbocycles. The summed E-state index contributed by atoms with van der Waals surface area (Å²) < 4.78 is 25.6. The molecular formula is C17H24N2O4S. The van der Waals surface area contributed by atoms with E-state index in [0.29, 0.717) is 17.6 Å². The minimum absolute atomic E-state index is 0.0541. The summed E-state index contributed by atoms with van der Waals surface area (Å²) in [6.07, 6.45) is 6.51. The van der Waals surface area contributed by atoms with E-state index in [1.54, 1.807) is 12.1 Å². The van der Waals surface area contributed by atoms with Crippen LogP contribution in [0.1, 0.15) is 48.9 Å². The van der Waals surface area contributed by atoms with E-state index >= 15 is 0 Å². The SMILES string of the molecule is CON(C)S(=O)(=O)c1cccc(C(=O)N(C2CCCC2)C2CC2)c1. The van der Waals surface area contributed by atoms with Crippen LogP contribution in [-0.2, 0) is 14.9 Å². The van der Waals surface area contributed by atoms with Crippen LogP contribution in [-0.4, -0.2) is 49.9 Å². The zero-order valence-electron chi connectivity index (χ0n) is 14.1. The Morgan fingerprint density at radius 2 is 1.75 bits per heavy atom. The van der Waals surface area contributed by atoms with Gasteiger partial charge in [0, 0.05) is 24.7 Å². The number of sulfonamides is 1. The average Bonchev–Trinajstić information content (AvgIpc) is 3.28. The second-order valence-electron chi connectivity index (χ2n) is 6.51. The van der Waals surface area contributed by atoms with Gasteiger partial charge in [-0.3, -0.25) is 9.63 Å². The topological polar surface area (TPSA) is 66.9 Å². The first-order valence-corrected chi connectivity index (χ1v) is 9.85. The Bertz CT molecular complexity index is 709. The third-order valence-electron chi connectivity index (χ3n) is 4.87. The van der Waals surface area contributed by atoms with Crippen LogP contribution >= 0.6 is 0 Å². The predicted molar refractivity (Wildman–Crippen MR) is 89.8 cm³/mol. The molecule has 0 N–H and O–H groups in total. The van der Waals surface area contributed by atoms with E-state index < -0.39 is 10.0 Å². The molecule has 132 valence electrons. The molecule has 24 heavy (non-hydrogen) atoms. The third kappa shape index (κ3) is 3.34. The van der Waals surface area contributed by atoms with Gasteiger partial charge in [-0.05, 0) is 43.9 Å². The highest BCUT2D eigenvalue weighted by Gasteiger charge is 2.38. The van der Waals surface area contributed by atoms with Crippen LogP contribution < -0.4 is 0 Å². The Labute approximate surface area is 143 Å². The Hall–Kier alpha value is -1.44. The summed E-state index contributed by atoms with van der Waals surface area (Å²) in [5, 5.41) is 0. The maximum atomic E-state index is 13.0. The zero-order valence-corrected chi connectivity index (χ0v) is 15.0. The summed E-state index contributed by atoms with van der Waals surface area (Å²) in [6, 6.07) is 6.87. The van der Waals surface area contributed by atoms with Crippen LogP contribution in [0.2, 0.25) is 0 Å². The van der Waals surface area contributed by atoms with Crippen molar-refractivity contribution in [2.45, 2.75) is 55.5 Å². The highest BCUT2D eigenvalue weighted by Crippen LogP contribution is 2.35. The Kier molecular flexibility index (Phi) is 4.94. The minimum Gasteiger partial charge on any atom is -0.333 e. The van der Waals surface area contributed by atoms with Gasteiger partial charge in [-0.1, -0.05) is 23.4 Å². The van der Waals surface area contributed by atoms with Crippen LogP contribution in [0.4, 0.5) is 0 Å². The molecule has 0 unspecified atom stereocenters. The third-order valence-corrected chi connectivity index (χ3v) is 6.54. The van der Waals surface area contributed by atoms with E-state index in [1.807, 2.05) is 4.90 Å². The Balaban J connectivity index is 1.88. The standard InChI is InChI=1S/C17H24N2O4S/c1-18(23-2)24(21,22)16-9-5-6-13(12-16)17(20)19(15-10-11-15)14-7-3-4-8-14/h5-6,9,12,14-15H,3-4,7-8,10-11H2,1-2H3.